The van der Waals surface area contributed by atoms with Crippen molar-refractivity contribution < 1.29 is 14.0 Å². The zero-order chi connectivity index (χ0) is 13.2. The average Bonchev–Trinajstić information content (AvgIpc) is 3.09. The van der Waals surface area contributed by atoms with E-state index in [0.717, 1.165) is 38.9 Å². The summed E-state index contributed by atoms with van der Waals surface area (Å²) in [6.45, 7) is 2.33. The van der Waals surface area contributed by atoms with E-state index >= 15 is 0 Å². The molecule has 19 heavy (non-hydrogen) atoms. The van der Waals surface area contributed by atoms with E-state index in [1.165, 1.54) is 12.5 Å². The van der Waals surface area contributed by atoms with Gasteiger partial charge in [0.1, 0.15) is 6.26 Å². The van der Waals surface area contributed by atoms with Gasteiger partial charge in [-0.25, -0.2) is 0 Å². The van der Waals surface area contributed by atoms with E-state index in [0.29, 0.717) is 18.0 Å². The maximum absolute atomic E-state index is 12.1. The Kier molecular flexibility index (Phi) is 3.27. The van der Waals surface area contributed by atoms with Crippen LogP contribution in [-0.2, 0) is 4.79 Å². The third kappa shape index (κ3) is 2.37. The number of hydrogen-bond acceptors (Lipinski definition) is 3. The van der Waals surface area contributed by atoms with Crippen molar-refractivity contribution in [1.82, 2.24) is 9.80 Å². The van der Waals surface area contributed by atoms with Crippen molar-refractivity contribution in [2.75, 3.05) is 19.6 Å². The summed E-state index contributed by atoms with van der Waals surface area (Å²) in [6.07, 6.45) is 6.44. The minimum atomic E-state index is 0.0277. The topological polar surface area (TPSA) is 53.8 Å². The molecule has 0 spiro atoms. The third-order valence-electron chi connectivity index (χ3n) is 4.07. The van der Waals surface area contributed by atoms with Crippen molar-refractivity contribution >= 4 is 11.8 Å². The summed E-state index contributed by atoms with van der Waals surface area (Å²) in [5.41, 5.74) is 0.607. The molecule has 3 heterocycles. The number of furan rings is 1. The molecule has 5 heteroatoms. The summed E-state index contributed by atoms with van der Waals surface area (Å²) < 4.78 is 4.94. The minimum Gasteiger partial charge on any atom is -0.472 e. The molecule has 5 nitrogen and oxygen atoms in total. The van der Waals surface area contributed by atoms with E-state index in [1.54, 1.807) is 6.07 Å². The molecule has 1 aromatic heterocycles. The van der Waals surface area contributed by atoms with Crippen LogP contribution >= 0.6 is 0 Å². The van der Waals surface area contributed by atoms with Crippen molar-refractivity contribution in [3.05, 3.63) is 24.2 Å². The largest absolute Gasteiger partial charge is 0.472 e. The third-order valence-corrected chi connectivity index (χ3v) is 4.07. The first-order chi connectivity index (χ1) is 9.25. The number of rotatable bonds is 2. The van der Waals surface area contributed by atoms with Crippen LogP contribution in [0.1, 0.15) is 36.0 Å². The van der Waals surface area contributed by atoms with Gasteiger partial charge in [0.05, 0.1) is 11.8 Å². The zero-order valence-electron chi connectivity index (χ0n) is 10.9. The molecule has 0 radical (unpaired) electrons. The first kappa shape index (κ1) is 12.3. The predicted octanol–water partition coefficient (Wildman–Crippen LogP) is 1.51. The number of likely N-dealkylation sites (tertiary alicyclic amines) is 2. The Morgan fingerprint density at radius 1 is 1.26 bits per heavy atom. The molecule has 102 valence electrons. The highest BCUT2D eigenvalue weighted by atomic mass is 16.3. The Hall–Kier alpha value is -1.78. The van der Waals surface area contributed by atoms with Crippen LogP contribution in [0.15, 0.2) is 23.0 Å². The van der Waals surface area contributed by atoms with Crippen molar-refractivity contribution in [3.8, 4) is 0 Å². The van der Waals surface area contributed by atoms with E-state index in [-0.39, 0.29) is 11.8 Å². The normalized spacial score (nSPS) is 21.2. The van der Waals surface area contributed by atoms with Crippen molar-refractivity contribution in [2.45, 2.75) is 31.7 Å². The van der Waals surface area contributed by atoms with E-state index in [4.69, 9.17) is 4.42 Å². The molecular formula is C14H18N2O3. The highest BCUT2D eigenvalue weighted by Gasteiger charge is 2.32. The maximum Gasteiger partial charge on any atom is 0.257 e. The van der Waals surface area contributed by atoms with E-state index in [9.17, 15) is 9.59 Å². The molecule has 0 saturated carbocycles. The lowest BCUT2D eigenvalue weighted by atomic mass is 10.0. The van der Waals surface area contributed by atoms with Gasteiger partial charge in [0, 0.05) is 32.1 Å². The Labute approximate surface area is 112 Å². The highest BCUT2D eigenvalue weighted by molar-refractivity contribution is 5.93. The molecule has 2 saturated heterocycles. The lowest BCUT2D eigenvalue weighted by Crippen LogP contribution is -2.47. The van der Waals surface area contributed by atoms with Crippen LogP contribution in [0.5, 0.6) is 0 Å². The number of amides is 2. The second-order valence-electron chi connectivity index (χ2n) is 5.23. The molecule has 2 fully saturated rings. The van der Waals surface area contributed by atoms with Gasteiger partial charge in [-0.05, 0) is 25.3 Å². The molecule has 3 rings (SSSR count). The number of carbonyl (C=O) groups is 2. The summed E-state index contributed by atoms with van der Waals surface area (Å²) in [7, 11) is 0. The van der Waals surface area contributed by atoms with Crippen LogP contribution in [0.2, 0.25) is 0 Å². The van der Waals surface area contributed by atoms with Crippen molar-refractivity contribution in [2.24, 2.45) is 0 Å². The zero-order valence-corrected chi connectivity index (χ0v) is 10.9. The van der Waals surface area contributed by atoms with Gasteiger partial charge in [0.15, 0.2) is 0 Å². The Morgan fingerprint density at radius 3 is 2.63 bits per heavy atom. The molecule has 0 atom stereocenters. The molecule has 0 aromatic carbocycles. The SMILES string of the molecule is O=C(c1ccoc1)N1CCC(N2CCCC2=O)CC1. The quantitative estimate of drug-likeness (QED) is 0.811. The van der Waals surface area contributed by atoms with Crippen LogP contribution in [0.3, 0.4) is 0 Å². The van der Waals surface area contributed by atoms with E-state index < -0.39 is 0 Å². The highest BCUT2D eigenvalue weighted by Crippen LogP contribution is 2.23. The van der Waals surface area contributed by atoms with Crippen LogP contribution in [-0.4, -0.2) is 47.3 Å². The summed E-state index contributed by atoms with van der Waals surface area (Å²) in [5.74, 6) is 0.305. The fourth-order valence-corrected chi connectivity index (χ4v) is 3.00. The number of nitrogens with zero attached hydrogens (tertiary/aromatic N) is 2. The minimum absolute atomic E-state index is 0.0277. The lowest BCUT2D eigenvalue weighted by Gasteiger charge is -2.36. The summed E-state index contributed by atoms with van der Waals surface area (Å²) in [4.78, 5) is 27.7. The summed E-state index contributed by atoms with van der Waals surface area (Å²) in [6, 6.07) is 2.02. The second-order valence-corrected chi connectivity index (χ2v) is 5.23. The van der Waals surface area contributed by atoms with Gasteiger partial charge < -0.3 is 14.2 Å². The van der Waals surface area contributed by atoms with Gasteiger partial charge in [0.2, 0.25) is 5.91 Å². The average molecular weight is 262 g/mol. The predicted molar refractivity (Wildman–Crippen MR) is 68.6 cm³/mol. The molecular weight excluding hydrogens is 244 g/mol. The number of piperidine rings is 1. The number of hydrogen-bond donors (Lipinski definition) is 0. The van der Waals surface area contributed by atoms with Crippen molar-refractivity contribution in [3.63, 3.8) is 0 Å². The van der Waals surface area contributed by atoms with Gasteiger partial charge in [-0.3, -0.25) is 9.59 Å². The number of carbonyl (C=O) groups excluding carboxylic acids is 2. The molecule has 0 aliphatic carbocycles. The fraction of sp³-hybridized carbons (Fsp3) is 0.571. The standard InChI is InChI=1S/C14H18N2O3/c17-13-2-1-6-16(13)12-3-7-15(8-4-12)14(18)11-5-9-19-10-11/h5,9-10,12H,1-4,6-8H2. The fourth-order valence-electron chi connectivity index (χ4n) is 3.00. The van der Waals surface area contributed by atoms with Gasteiger partial charge in [-0.2, -0.15) is 0 Å². The van der Waals surface area contributed by atoms with Gasteiger partial charge in [0.25, 0.3) is 5.91 Å². The van der Waals surface area contributed by atoms with Crippen LogP contribution in [0.4, 0.5) is 0 Å². The molecule has 1 aromatic rings. The molecule has 0 bridgehead atoms. The van der Waals surface area contributed by atoms with Gasteiger partial charge >= 0.3 is 0 Å². The van der Waals surface area contributed by atoms with E-state index in [2.05, 4.69) is 0 Å². The van der Waals surface area contributed by atoms with Crippen LogP contribution in [0.25, 0.3) is 0 Å². The Balaban J connectivity index is 1.57. The molecule has 2 aliphatic heterocycles. The second kappa shape index (κ2) is 5.07. The lowest BCUT2D eigenvalue weighted by molar-refractivity contribution is -0.130. The molecule has 0 N–H and O–H groups in total. The molecule has 2 amide bonds. The molecule has 2 aliphatic rings. The monoisotopic (exact) mass is 262 g/mol. The Bertz CT molecular complexity index is 461. The Morgan fingerprint density at radius 2 is 2.05 bits per heavy atom. The van der Waals surface area contributed by atoms with E-state index in [1.807, 2.05) is 9.80 Å². The van der Waals surface area contributed by atoms with Crippen LogP contribution < -0.4 is 0 Å². The summed E-state index contributed by atoms with van der Waals surface area (Å²) in [5, 5.41) is 0. The first-order valence-corrected chi connectivity index (χ1v) is 6.86. The molecule has 0 unspecified atom stereocenters. The van der Waals surface area contributed by atoms with Gasteiger partial charge in [-0.15, -0.1) is 0 Å². The first-order valence-electron chi connectivity index (χ1n) is 6.86. The van der Waals surface area contributed by atoms with Crippen LogP contribution in [0, 0.1) is 0 Å². The summed E-state index contributed by atoms with van der Waals surface area (Å²) >= 11 is 0. The van der Waals surface area contributed by atoms with Crippen molar-refractivity contribution in [1.29, 1.82) is 0 Å². The smallest absolute Gasteiger partial charge is 0.257 e. The van der Waals surface area contributed by atoms with Gasteiger partial charge in [-0.1, -0.05) is 0 Å². The maximum atomic E-state index is 12.1.